The lowest BCUT2D eigenvalue weighted by atomic mass is 10.0. The lowest BCUT2D eigenvalue weighted by Gasteiger charge is -2.31. The van der Waals surface area contributed by atoms with Crippen molar-refractivity contribution in [1.29, 1.82) is 0 Å². The van der Waals surface area contributed by atoms with E-state index in [1.165, 1.54) is 6.92 Å². The molecule has 0 unspecified atom stereocenters. The van der Waals surface area contributed by atoms with E-state index in [1.807, 2.05) is 38.1 Å². The van der Waals surface area contributed by atoms with Crippen LogP contribution in [0.5, 0.6) is 5.75 Å². The molecule has 2 aromatic rings. The molecular weight excluding hydrogens is 437 g/mol. The van der Waals surface area contributed by atoms with E-state index in [0.717, 1.165) is 21.3 Å². The van der Waals surface area contributed by atoms with Crippen LogP contribution < -0.4 is 15.0 Å². The third-order valence-corrected chi connectivity index (χ3v) is 5.30. The van der Waals surface area contributed by atoms with Crippen molar-refractivity contribution in [3.63, 3.8) is 0 Å². The lowest BCUT2D eigenvalue weighted by Crippen LogP contribution is -2.39. The van der Waals surface area contributed by atoms with Crippen molar-refractivity contribution >= 4 is 39.6 Å². The first-order valence-electron chi connectivity index (χ1n) is 9.37. The summed E-state index contributed by atoms with van der Waals surface area (Å²) in [5, 5.41) is 2.93. The Hall–Kier alpha value is -2.67. The predicted octanol–water partition coefficient (Wildman–Crippen LogP) is 6.37. The quantitative estimate of drug-likeness (QED) is 0.510. The fourth-order valence-corrected chi connectivity index (χ4v) is 3.47. The van der Waals surface area contributed by atoms with Crippen LogP contribution in [0.4, 0.5) is 20.6 Å². The molecule has 2 amide bonds. The molecule has 1 aliphatic rings. The third-order valence-electron chi connectivity index (χ3n) is 4.62. The SMILES string of the molecule is CCC=N/C(COc1ccc(Br)c(N2Cc3c(C)cccc3NC2=O)c1)=C(\C)F. The molecule has 152 valence electrons. The van der Waals surface area contributed by atoms with Crippen LogP contribution in [0.3, 0.4) is 0 Å². The summed E-state index contributed by atoms with van der Waals surface area (Å²) < 4.78 is 20.2. The molecule has 0 spiro atoms. The first-order valence-corrected chi connectivity index (χ1v) is 10.2. The normalized spacial score (nSPS) is 14.5. The molecule has 0 radical (unpaired) electrons. The predicted molar refractivity (Wildman–Crippen MR) is 119 cm³/mol. The summed E-state index contributed by atoms with van der Waals surface area (Å²) in [7, 11) is 0. The molecule has 0 atom stereocenters. The minimum atomic E-state index is -0.380. The van der Waals surface area contributed by atoms with Gasteiger partial charge in [0.15, 0.2) is 0 Å². The van der Waals surface area contributed by atoms with Crippen molar-refractivity contribution in [2.24, 2.45) is 4.99 Å². The van der Waals surface area contributed by atoms with Crippen molar-refractivity contribution in [3.05, 3.63) is 63.5 Å². The van der Waals surface area contributed by atoms with Crippen LogP contribution in [-0.4, -0.2) is 18.9 Å². The van der Waals surface area contributed by atoms with Gasteiger partial charge in [-0.3, -0.25) is 9.89 Å². The zero-order valence-corrected chi connectivity index (χ0v) is 18.2. The monoisotopic (exact) mass is 459 g/mol. The van der Waals surface area contributed by atoms with Gasteiger partial charge in [-0.05, 0) is 65.5 Å². The molecule has 7 heteroatoms. The van der Waals surface area contributed by atoms with Crippen molar-refractivity contribution in [1.82, 2.24) is 0 Å². The van der Waals surface area contributed by atoms with Crippen molar-refractivity contribution < 1.29 is 13.9 Å². The van der Waals surface area contributed by atoms with Crippen LogP contribution in [0.15, 0.2) is 57.4 Å². The highest BCUT2D eigenvalue weighted by Crippen LogP contribution is 2.36. The highest BCUT2D eigenvalue weighted by atomic mass is 79.9. The van der Waals surface area contributed by atoms with Crippen molar-refractivity contribution in [3.8, 4) is 5.75 Å². The second kappa shape index (κ2) is 9.22. The van der Waals surface area contributed by atoms with Crippen molar-refractivity contribution in [2.75, 3.05) is 16.8 Å². The molecule has 5 nitrogen and oxygen atoms in total. The number of nitrogens with one attached hydrogen (secondary N) is 1. The topological polar surface area (TPSA) is 53.9 Å². The number of carbonyl (C=O) groups excluding carboxylic acids is 1. The van der Waals surface area contributed by atoms with E-state index in [-0.39, 0.29) is 24.2 Å². The number of benzene rings is 2. The second-order valence-electron chi connectivity index (χ2n) is 6.72. The third kappa shape index (κ3) is 4.85. The number of fused-ring (bicyclic) bond motifs is 1. The maximum absolute atomic E-state index is 13.7. The van der Waals surface area contributed by atoms with Crippen LogP contribution in [0.1, 0.15) is 31.4 Å². The number of nitrogens with zero attached hydrogens (tertiary/aromatic N) is 2. The van der Waals surface area contributed by atoms with Gasteiger partial charge in [0.25, 0.3) is 0 Å². The largest absolute Gasteiger partial charge is 0.487 e. The number of aliphatic imine (C=N–C) groups is 1. The molecule has 1 heterocycles. The van der Waals surface area contributed by atoms with Crippen LogP contribution in [-0.2, 0) is 6.54 Å². The summed E-state index contributed by atoms with van der Waals surface area (Å²) in [6, 6.07) is 11.0. The number of aryl methyl sites for hydroxylation is 1. The summed E-state index contributed by atoms with van der Waals surface area (Å²) in [6.07, 6.45) is 2.36. The molecule has 1 aliphatic heterocycles. The number of anilines is 2. The van der Waals surface area contributed by atoms with Gasteiger partial charge in [-0.1, -0.05) is 19.1 Å². The Morgan fingerprint density at radius 2 is 2.17 bits per heavy atom. The second-order valence-corrected chi connectivity index (χ2v) is 7.57. The Balaban J connectivity index is 1.84. The molecule has 0 saturated heterocycles. The Labute approximate surface area is 178 Å². The molecule has 0 aliphatic carbocycles. The number of amides is 2. The van der Waals surface area contributed by atoms with Gasteiger partial charge in [-0.2, -0.15) is 0 Å². The molecular formula is C22H23BrFN3O2. The molecule has 29 heavy (non-hydrogen) atoms. The molecule has 3 rings (SSSR count). The summed E-state index contributed by atoms with van der Waals surface area (Å²) in [5.41, 5.74) is 3.93. The molecule has 0 fully saturated rings. The number of allylic oxidation sites excluding steroid dienone is 1. The zero-order valence-electron chi connectivity index (χ0n) is 16.6. The smallest absolute Gasteiger partial charge is 0.326 e. The molecule has 0 aromatic heterocycles. The fourth-order valence-electron chi connectivity index (χ4n) is 3.00. The molecule has 2 aromatic carbocycles. The number of hydrogen-bond acceptors (Lipinski definition) is 3. The van der Waals surface area contributed by atoms with Gasteiger partial charge >= 0.3 is 6.03 Å². The first kappa shape index (κ1) is 21.0. The summed E-state index contributed by atoms with van der Waals surface area (Å²) in [5.74, 6) is 0.145. The van der Waals surface area contributed by atoms with Gasteiger partial charge in [-0.25, -0.2) is 9.18 Å². The van der Waals surface area contributed by atoms with E-state index in [4.69, 9.17) is 4.74 Å². The Morgan fingerprint density at radius 3 is 2.90 bits per heavy atom. The first-order chi connectivity index (χ1) is 13.9. The minimum absolute atomic E-state index is 0.00798. The van der Waals surface area contributed by atoms with Crippen LogP contribution in [0, 0.1) is 6.92 Å². The van der Waals surface area contributed by atoms with Gasteiger partial charge in [0.2, 0.25) is 0 Å². The van der Waals surface area contributed by atoms with Crippen molar-refractivity contribution in [2.45, 2.75) is 33.7 Å². The maximum Gasteiger partial charge on any atom is 0.326 e. The van der Waals surface area contributed by atoms with E-state index in [0.29, 0.717) is 24.4 Å². The summed E-state index contributed by atoms with van der Waals surface area (Å²) in [6.45, 7) is 5.77. The van der Waals surface area contributed by atoms with Gasteiger partial charge in [-0.15, -0.1) is 0 Å². The van der Waals surface area contributed by atoms with Gasteiger partial charge < -0.3 is 10.1 Å². The Kier molecular flexibility index (Phi) is 6.69. The van der Waals surface area contributed by atoms with Crippen LogP contribution >= 0.6 is 15.9 Å². The summed E-state index contributed by atoms with van der Waals surface area (Å²) >= 11 is 3.52. The number of urea groups is 1. The van der Waals surface area contributed by atoms with Gasteiger partial charge in [0, 0.05) is 22.4 Å². The van der Waals surface area contributed by atoms with E-state index < -0.39 is 0 Å². The van der Waals surface area contributed by atoms with Crippen LogP contribution in [0.2, 0.25) is 0 Å². The average molecular weight is 460 g/mol. The van der Waals surface area contributed by atoms with E-state index in [2.05, 4.69) is 26.2 Å². The van der Waals surface area contributed by atoms with Gasteiger partial charge in [0.05, 0.1) is 12.2 Å². The fraction of sp³-hybridized carbons (Fsp3) is 0.273. The minimum Gasteiger partial charge on any atom is -0.487 e. The molecule has 0 saturated carbocycles. The molecule has 1 N–H and O–H groups in total. The number of halogens is 2. The molecule has 0 bridgehead atoms. The van der Waals surface area contributed by atoms with E-state index in [9.17, 15) is 9.18 Å². The van der Waals surface area contributed by atoms with E-state index >= 15 is 0 Å². The maximum atomic E-state index is 13.7. The summed E-state index contributed by atoms with van der Waals surface area (Å²) in [4.78, 5) is 18.4. The standard InChI is InChI=1S/C22H23BrFN3O2/c1-4-10-25-20(15(3)24)13-29-16-8-9-18(23)21(11-16)27-12-17-14(2)6-5-7-19(17)26-22(27)28/h5-11H,4,12-13H2,1-3H3,(H,26,28)/b20-15+,25-10?. The number of carbonyl (C=O) groups is 1. The zero-order chi connectivity index (χ0) is 21.0. The highest BCUT2D eigenvalue weighted by molar-refractivity contribution is 9.10. The Bertz CT molecular complexity index is 984. The Morgan fingerprint density at radius 1 is 1.38 bits per heavy atom. The lowest BCUT2D eigenvalue weighted by molar-refractivity contribution is 0.256. The number of ether oxygens (including phenoxy) is 1. The number of rotatable bonds is 6. The van der Waals surface area contributed by atoms with E-state index in [1.54, 1.807) is 23.2 Å². The highest BCUT2D eigenvalue weighted by Gasteiger charge is 2.26. The van der Waals surface area contributed by atoms with Crippen LogP contribution in [0.25, 0.3) is 0 Å². The number of hydrogen-bond donors (Lipinski definition) is 1. The van der Waals surface area contributed by atoms with Gasteiger partial charge in [0.1, 0.15) is 23.9 Å². The average Bonchev–Trinajstić information content (AvgIpc) is 2.69.